The molecule has 0 aliphatic carbocycles. The zero-order chi connectivity index (χ0) is 45.9. The highest BCUT2D eigenvalue weighted by molar-refractivity contribution is 7.94. The summed E-state index contributed by atoms with van der Waals surface area (Å²) >= 11 is 12.3. The summed E-state index contributed by atoms with van der Waals surface area (Å²) in [6, 6.07) is 28.3. The van der Waals surface area contributed by atoms with Gasteiger partial charge in [-0.05, 0) is 106 Å². The van der Waals surface area contributed by atoms with Gasteiger partial charge in [-0.15, -0.1) is 0 Å². The molecule has 4 N–H and O–H groups in total. The summed E-state index contributed by atoms with van der Waals surface area (Å²) in [5, 5.41) is 12.6. The molecule has 6 rings (SSSR count). The molecule has 0 saturated carbocycles. The lowest BCUT2D eigenvalue weighted by atomic mass is 10.1. The lowest BCUT2D eigenvalue weighted by molar-refractivity contribution is 0.0540. The molecular formula is C47H40Cl2N4O9S2. The van der Waals surface area contributed by atoms with Gasteiger partial charge in [0.2, 0.25) is 10.0 Å². The van der Waals surface area contributed by atoms with Gasteiger partial charge in [-0.3, -0.25) is 0 Å². The predicted octanol–water partition coefficient (Wildman–Crippen LogP) is 10.0. The average Bonchev–Trinajstić information content (AvgIpc) is 3.28. The van der Waals surface area contributed by atoms with E-state index in [1.54, 1.807) is 78.9 Å². The van der Waals surface area contributed by atoms with Crippen molar-refractivity contribution in [1.82, 2.24) is 4.72 Å². The second kappa shape index (κ2) is 21.1. The summed E-state index contributed by atoms with van der Waals surface area (Å²) in [6.45, 7) is 7.16. The summed E-state index contributed by atoms with van der Waals surface area (Å²) in [7, 11) is -7.81. The lowest BCUT2D eigenvalue weighted by Gasteiger charge is -2.11. The molecule has 0 radical (unpaired) electrons. The molecule has 0 atom stereocenters. The van der Waals surface area contributed by atoms with Crippen LogP contribution in [0.3, 0.4) is 0 Å². The van der Waals surface area contributed by atoms with Gasteiger partial charge >= 0.3 is 18.0 Å². The minimum absolute atomic E-state index is 0.00942. The van der Waals surface area contributed by atoms with Crippen LogP contribution in [0, 0.1) is 0 Å². The molecule has 0 spiro atoms. The van der Waals surface area contributed by atoms with Crippen molar-refractivity contribution in [2.45, 2.75) is 9.79 Å². The Bertz CT molecular complexity index is 3080. The van der Waals surface area contributed by atoms with Gasteiger partial charge in [0.05, 0.1) is 31.0 Å². The minimum atomic E-state index is -3.94. The van der Waals surface area contributed by atoms with Gasteiger partial charge in [0, 0.05) is 35.6 Å². The van der Waals surface area contributed by atoms with Crippen LogP contribution in [0.4, 0.5) is 21.9 Å². The van der Waals surface area contributed by atoms with E-state index >= 15 is 0 Å². The number of hydrogen-bond acceptors (Lipinski definition) is 10. The highest BCUT2D eigenvalue weighted by Gasteiger charge is 2.17. The Hall–Kier alpha value is -6.75. The second-order valence-corrected chi connectivity index (χ2v) is 18.2. The van der Waals surface area contributed by atoms with Crippen LogP contribution in [0.5, 0.6) is 0 Å². The van der Waals surface area contributed by atoms with Crippen LogP contribution in [0.1, 0.15) is 26.3 Å². The molecule has 6 aromatic rings. The lowest BCUT2D eigenvalue weighted by Crippen LogP contribution is -2.23. The number of anilines is 3. The third-order valence-corrected chi connectivity index (χ3v) is 12.8. The van der Waals surface area contributed by atoms with Gasteiger partial charge in [0.1, 0.15) is 13.2 Å². The largest absolute Gasteiger partial charge is 0.458 e. The number of ether oxygens (including phenoxy) is 2. The molecule has 0 unspecified atom stereocenters. The molecule has 0 aliphatic rings. The zero-order valence-electron chi connectivity index (χ0n) is 33.8. The molecule has 17 heteroatoms. The Morgan fingerprint density at radius 3 is 1.72 bits per heavy atom. The first-order valence-electron chi connectivity index (χ1n) is 19.3. The number of sulfone groups is 1. The minimum Gasteiger partial charge on any atom is -0.458 e. The molecular weight excluding hydrogens is 900 g/mol. The van der Waals surface area contributed by atoms with Crippen LogP contribution in [0.25, 0.3) is 27.6 Å². The number of carbonyl (C=O) groups excluding carboxylic acids is 3. The van der Waals surface area contributed by atoms with Crippen molar-refractivity contribution in [3.05, 3.63) is 179 Å². The van der Waals surface area contributed by atoms with Crippen molar-refractivity contribution in [3.8, 4) is 0 Å². The quantitative estimate of drug-likeness (QED) is 0.0477. The zero-order valence-corrected chi connectivity index (χ0v) is 37.0. The maximum absolute atomic E-state index is 13.2. The smallest absolute Gasteiger partial charge is 0.340 e. The molecule has 0 heterocycles. The third-order valence-electron chi connectivity index (χ3n) is 9.24. The van der Waals surface area contributed by atoms with E-state index in [0.29, 0.717) is 33.4 Å². The summed E-state index contributed by atoms with van der Waals surface area (Å²) in [4.78, 5) is 37.7. The maximum Gasteiger partial charge on any atom is 0.340 e. The third kappa shape index (κ3) is 12.2. The van der Waals surface area contributed by atoms with E-state index < -0.39 is 37.8 Å². The van der Waals surface area contributed by atoms with Crippen LogP contribution in [0.2, 0.25) is 10.0 Å². The SMILES string of the molecule is C=CCOC(=O)c1cc(C=CCNS(=O)(=O)c2ccc3ccc(NC(=O)Nc4ccc5ccc(S(=O)(=O)C=CCNc6ccc(Cl)c(C(=O)OCC=C)c6)cc5c4)cc3c2)ccc1Cl. The van der Waals surface area contributed by atoms with Crippen LogP contribution in [0.15, 0.2) is 162 Å². The Morgan fingerprint density at radius 1 is 0.578 bits per heavy atom. The van der Waals surface area contributed by atoms with E-state index in [4.69, 9.17) is 32.7 Å². The first kappa shape index (κ1) is 46.7. The fourth-order valence-corrected chi connectivity index (χ4v) is 8.59. The van der Waals surface area contributed by atoms with E-state index in [0.717, 1.165) is 16.2 Å². The summed E-state index contributed by atoms with van der Waals surface area (Å²) in [6.07, 6.45) is 7.54. The fraction of sp³-hybridized carbons (Fsp3) is 0.0851. The highest BCUT2D eigenvalue weighted by Crippen LogP contribution is 2.27. The van der Waals surface area contributed by atoms with Crippen molar-refractivity contribution in [2.24, 2.45) is 0 Å². The molecule has 0 bridgehead atoms. The number of benzene rings is 6. The molecule has 64 heavy (non-hydrogen) atoms. The summed E-state index contributed by atoms with van der Waals surface area (Å²) in [5.74, 6) is -1.22. The number of urea groups is 1. The van der Waals surface area contributed by atoms with E-state index in [1.165, 1.54) is 60.7 Å². The standard InChI is InChI=1S/C47H40Cl2N4O9S2/c1-3-22-61-45(54)41-25-31(8-18-43(41)48)7-5-21-51-64(59,60)40-17-12-33-10-14-38(27-35(33)29-40)53-47(56)52-37-13-9-32-11-16-39(28-34(32)26-37)63(57,58)24-6-20-50-36-15-19-44(49)42(30-36)46(55)62-23-4-2/h3-19,24-30,50-51H,1-2,20-23H2,(H2,52,53,56). The summed E-state index contributed by atoms with van der Waals surface area (Å²) in [5.41, 5.74) is 2.25. The highest BCUT2D eigenvalue weighted by atomic mass is 35.5. The summed E-state index contributed by atoms with van der Waals surface area (Å²) < 4.78 is 65.5. The number of halogens is 2. The van der Waals surface area contributed by atoms with E-state index in [9.17, 15) is 31.2 Å². The molecule has 6 aromatic carbocycles. The maximum atomic E-state index is 13.2. The van der Waals surface area contributed by atoms with E-state index in [-0.39, 0.29) is 57.3 Å². The van der Waals surface area contributed by atoms with Crippen molar-refractivity contribution in [2.75, 3.05) is 42.3 Å². The van der Waals surface area contributed by atoms with Gasteiger partial charge in [-0.2, -0.15) is 0 Å². The van der Waals surface area contributed by atoms with Crippen LogP contribution in [-0.2, 0) is 29.3 Å². The number of hydrogen-bond donors (Lipinski definition) is 4. The Kier molecular flexibility index (Phi) is 15.4. The van der Waals surface area contributed by atoms with Gasteiger partial charge < -0.3 is 25.4 Å². The first-order valence-corrected chi connectivity index (χ1v) is 23.1. The molecule has 0 aromatic heterocycles. The number of esters is 2. The first-order chi connectivity index (χ1) is 30.6. The van der Waals surface area contributed by atoms with Crippen molar-refractivity contribution >= 4 is 106 Å². The Morgan fingerprint density at radius 2 is 1.11 bits per heavy atom. The van der Waals surface area contributed by atoms with Gasteiger partial charge in [0.15, 0.2) is 9.84 Å². The van der Waals surface area contributed by atoms with Crippen LogP contribution < -0.4 is 20.7 Å². The van der Waals surface area contributed by atoms with Gasteiger partial charge in [-0.25, -0.2) is 35.9 Å². The molecule has 2 amide bonds. The number of amides is 2. The normalized spacial score (nSPS) is 11.7. The number of rotatable bonds is 18. The van der Waals surface area contributed by atoms with E-state index in [1.807, 2.05) is 0 Å². The monoisotopic (exact) mass is 938 g/mol. The van der Waals surface area contributed by atoms with Crippen molar-refractivity contribution in [3.63, 3.8) is 0 Å². The van der Waals surface area contributed by atoms with Gasteiger partial charge in [0.25, 0.3) is 0 Å². The molecule has 0 aliphatic heterocycles. The van der Waals surface area contributed by atoms with Crippen LogP contribution in [-0.4, -0.2) is 61.1 Å². The Balaban J connectivity index is 1.06. The molecule has 13 nitrogen and oxygen atoms in total. The number of nitrogens with one attached hydrogen (secondary N) is 4. The predicted molar refractivity (Wildman–Crippen MR) is 253 cm³/mol. The Labute approximate surface area is 380 Å². The average molecular weight is 940 g/mol. The number of sulfonamides is 1. The molecule has 0 saturated heterocycles. The number of carbonyl (C=O) groups is 3. The molecule has 328 valence electrons. The van der Waals surface area contributed by atoms with Crippen molar-refractivity contribution in [1.29, 1.82) is 0 Å². The topological polar surface area (TPSA) is 186 Å². The fourth-order valence-electron chi connectivity index (χ4n) is 6.13. The van der Waals surface area contributed by atoms with Gasteiger partial charge in [-0.1, -0.05) is 97.1 Å². The van der Waals surface area contributed by atoms with Crippen molar-refractivity contribution < 1.29 is 40.7 Å². The van der Waals surface area contributed by atoms with Crippen LogP contribution >= 0.6 is 23.2 Å². The second-order valence-electron chi connectivity index (χ2n) is 13.8. The van der Waals surface area contributed by atoms with E-state index in [2.05, 4.69) is 33.8 Å². The number of fused-ring (bicyclic) bond motifs is 2. The molecule has 0 fully saturated rings.